The van der Waals surface area contributed by atoms with Crippen molar-refractivity contribution in [1.82, 2.24) is 20.0 Å². The Balaban J connectivity index is 0.00000338. The molecule has 0 radical (unpaired) electrons. The molecular formula is C20H40IN5. The third-order valence-electron chi connectivity index (χ3n) is 6.00. The first-order valence-corrected chi connectivity index (χ1v) is 10.1. The zero-order valence-corrected chi connectivity index (χ0v) is 19.5. The van der Waals surface area contributed by atoms with Crippen LogP contribution in [0.1, 0.15) is 44.9 Å². The monoisotopic (exact) mass is 477 g/mol. The lowest BCUT2D eigenvalue weighted by atomic mass is 9.84. The zero-order chi connectivity index (χ0) is 18.1. The molecule has 26 heavy (non-hydrogen) atoms. The van der Waals surface area contributed by atoms with Gasteiger partial charge in [0.1, 0.15) is 0 Å². The number of guanidine groups is 1. The summed E-state index contributed by atoms with van der Waals surface area (Å²) in [6, 6.07) is 0. The summed E-state index contributed by atoms with van der Waals surface area (Å²) in [6.07, 6.45) is 10.8. The fraction of sp³-hybridized carbons (Fsp3) is 0.850. The molecule has 0 aromatic carbocycles. The molecule has 0 aliphatic carbocycles. The molecule has 0 aromatic rings. The number of unbranched alkanes of at least 4 members (excludes halogenated alkanes) is 1. The number of nitrogens with one attached hydrogen (secondary N) is 1. The van der Waals surface area contributed by atoms with Crippen LogP contribution in [0.2, 0.25) is 0 Å². The molecule has 2 rings (SSSR count). The van der Waals surface area contributed by atoms with Crippen molar-refractivity contribution >= 4 is 29.9 Å². The Kier molecular flexibility index (Phi) is 11.1. The fourth-order valence-electron chi connectivity index (χ4n) is 4.21. The van der Waals surface area contributed by atoms with Crippen molar-refractivity contribution in [2.24, 2.45) is 4.99 Å². The van der Waals surface area contributed by atoms with Crippen molar-refractivity contribution in [2.75, 3.05) is 60.4 Å². The van der Waals surface area contributed by atoms with Crippen LogP contribution in [-0.2, 0) is 0 Å². The third kappa shape index (κ3) is 6.68. The van der Waals surface area contributed by atoms with E-state index in [1.807, 2.05) is 13.1 Å². The number of halogens is 1. The van der Waals surface area contributed by atoms with Gasteiger partial charge in [-0.15, -0.1) is 30.6 Å². The SMILES string of the molecule is C=CCCCN(C)C(=NC)NCC1(N2CCCCC2)CCN(C)CC1.I. The van der Waals surface area contributed by atoms with E-state index in [1.165, 1.54) is 58.3 Å². The van der Waals surface area contributed by atoms with Gasteiger partial charge in [-0.2, -0.15) is 0 Å². The van der Waals surface area contributed by atoms with Gasteiger partial charge in [0.05, 0.1) is 0 Å². The van der Waals surface area contributed by atoms with E-state index in [1.54, 1.807) is 0 Å². The molecule has 2 aliphatic heterocycles. The molecule has 2 aliphatic rings. The molecule has 0 amide bonds. The van der Waals surface area contributed by atoms with Gasteiger partial charge in [-0.3, -0.25) is 9.89 Å². The molecule has 0 unspecified atom stereocenters. The number of allylic oxidation sites excluding steroid dienone is 1. The minimum Gasteiger partial charge on any atom is -0.354 e. The van der Waals surface area contributed by atoms with Crippen LogP contribution >= 0.6 is 24.0 Å². The molecule has 0 bridgehead atoms. The Morgan fingerprint density at radius 2 is 1.85 bits per heavy atom. The van der Waals surface area contributed by atoms with Crippen LogP contribution < -0.4 is 5.32 Å². The summed E-state index contributed by atoms with van der Waals surface area (Å²) in [5.41, 5.74) is 0.296. The van der Waals surface area contributed by atoms with Crippen molar-refractivity contribution in [3.63, 3.8) is 0 Å². The van der Waals surface area contributed by atoms with E-state index in [9.17, 15) is 0 Å². The zero-order valence-electron chi connectivity index (χ0n) is 17.2. The molecule has 2 heterocycles. The van der Waals surface area contributed by atoms with Crippen LogP contribution in [0.15, 0.2) is 17.6 Å². The molecule has 6 heteroatoms. The van der Waals surface area contributed by atoms with Crippen molar-refractivity contribution in [2.45, 2.75) is 50.5 Å². The molecule has 0 spiro atoms. The largest absolute Gasteiger partial charge is 0.354 e. The van der Waals surface area contributed by atoms with Gasteiger partial charge < -0.3 is 15.1 Å². The lowest BCUT2D eigenvalue weighted by Crippen LogP contribution is -2.62. The van der Waals surface area contributed by atoms with Crippen LogP contribution in [0, 0.1) is 0 Å². The second-order valence-corrected chi connectivity index (χ2v) is 7.83. The molecule has 2 fully saturated rings. The molecule has 152 valence electrons. The molecule has 1 N–H and O–H groups in total. The number of likely N-dealkylation sites (tertiary alicyclic amines) is 2. The Bertz CT molecular complexity index is 426. The summed E-state index contributed by atoms with van der Waals surface area (Å²) in [4.78, 5) is 12.0. The topological polar surface area (TPSA) is 34.1 Å². The van der Waals surface area contributed by atoms with Gasteiger partial charge >= 0.3 is 0 Å². The molecule has 0 atom stereocenters. The fourth-order valence-corrected chi connectivity index (χ4v) is 4.21. The summed E-state index contributed by atoms with van der Waals surface area (Å²) in [6.45, 7) is 10.8. The maximum Gasteiger partial charge on any atom is 0.193 e. The molecular weight excluding hydrogens is 437 g/mol. The minimum atomic E-state index is 0. The maximum atomic E-state index is 4.52. The van der Waals surface area contributed by atoms with Crippen molar-refractivity contribution in [3.05, 3.63) is 12.7 Å². The van der Waals surface area contributed by atoms with E-state index < -0.39 is 0 Å². The Morgan fingerprint density at radius 3 is 2.42 bits per heavy atom. The number of hydrogen-bond acceptors (Lipinski definition) is 3. The van der Waals surface area contributed by atoms with E-state index in [2.05, 4.69) is 45.7 Å². The van der Waals surface area contributed by atoms with E-state index >= 15 is 0 Å². The summed E-state index contributed by atoms with van der Waals surface area (Å²) in [5.74, 6) is 1.03. The van der Waals surface area contributed by atoms with Crippen LogP contribution in [0.3, 0.4) is 0 Å². The maximum absolute atomic E-state index is 4.52. The second-order valence-electron chi connectivity index (χ2n) is 7.83. The number of aliphatic imine (C=N–C) groups is 1. The molecule has 0 saturated carbocycles. The second kappa shape index (κ2) is 12.2. The average Bonchev–Trinajstić information content (AvgIpc) is 2.65. The first kappa shape index (κ1) is 23.7. The van der Waals surface area contributed by atoms with Crippen LogP contribution in [0.25, 0.3) is 0 Å². The number of piperidine rings is 2. The quantitative estimate of drug-likeness (QED) is 0.201. The highest BCUT2D eigenvalue weighted by molar-refractivity contribution is 14.0. The van der Waals surface area contributed by atoms with Crippen LogP contribution in [0.5, 0.6) is 0 Å². The van der Waals surface area contributed by atoms with E-state index in [-0.39, 0.29) is 24.0 Å². The normalized spacial score (nSPS) is 21.7. The first-order valence-electron chi connectivity index (χ1n) is 10.1. The van der Waals surface area contributed by atoms with Gasteiger partial charge in [0.2, 0.25) is 0 Å². The highest BCUT2D eigenvalue weighted by atomic mass is 127. The highest BCUT2D eigenvalue weighted by Crippen LogP contribution is 2.30. The number of hydrogen-bond donors (Lipinski definition) is 1. The van der Waals surface area contributed by atoms with Gasteiger partial charge in [-0.05, 0) is 71.8 Å². The molecule has 2 saturated heterocycles. The Hall–Kier alpha value is -0.340. The lowest BCUT2D eigenvalue weighted by Gasteiger charge is -2.50. The van der Waals surface area contributed by atoms with Crippen molar-refractivity contribution in [3.8, 4) is 0 Å². The predicted octanol–water partition coefficient (Wildman–Crippen LogP) is 3.03. The van der Waals surface area contributed by atoms with E-state index in [0.717, 1.165) is 31.9 Å². The van der Waals surface area contributed by atoms with Crippen LogP contribution in [-0.4, -0.2) is 86.6 Å². The van der Waals surface area contributed by atoms with E-state index in [4.69, 9.17) is 0 Å². The molecule has 5 nitrogen and oxygen atoms in total. The first-order chi connectivity index (χ1) is 12.1. The summed E-state index contributed by atoms with van der Waals surface area (Å²) in [7, 11) is 6.29. The van der Waals surface area contributed by atoms with Gasteiger partial charge in [0.15, 0.2) is 5.96 Å². The smallest absolute Gasteiger partial charge is 0.193 e. The van der Waals surface area contributed by atoms with Gasteiger partial charge in [0.25, 0.3) is 0 Å². The molecule has 0 aromatic heterocycles. The lowest BCUT2D eigenvalue weighted by molar-refractivity contribution is 0.0170. The van der Waals surface area contributed by atoms with Crippen LogP contribution in [0.4, 0.5) is 0 Å². The van der Waals surface area contributed by atoms with Gasteiger partial charge in [0, 0.05) is 32.7 Å². The summed E-state index contributed by atoms with van der Waals surface area (Å²) >= 11 is 0. The van der Waals surface area contributed by atoms with Gasteiger partial charge in [-0.25, -0.2) is 0 Å². The average molecular weight is 477 g/mol. The minimum absolute atomic E-state index is 0. The summed E-state index contributed by atoms with van der Waals surface area (Å²) in [5, 5.41) is 3.71. The van der Waals surface area contributed by atoms with E-state index in [0.29, 0.717) is 5.54 Å². The van der Waals surface area contributed by atoms with Crippen molar-refractivity contribution in [1.29, 1.82) is 0 Å². The summed E-state index contributed by atoms with van der Waals surface area (Å²) < 4.78 is 0. The number of nitrogens with zero attached hydrogens (tertiary/aromatic N) is 4. The third-order valence-corrected chi connectivity index (χ3v) is 6.00. The standard InChI is InChI=1S/C20H39N5.HI/c1-5-6-8-13-24(4)19(21-2)22-18-20(11-16-23(3)17-12-20)25-14-9-7-10-15-25;/h5H,1,6-18H2,2-4H3,(H,21,22);1H. The Labute approximate surface area is 178 Å². The predicted molar refractivity (Wildman–Crippen MR) is 124 cm³/mol. The van der Waals surface area contributed by atoms with Crippen molar-refractivity contribution < 1.29 is 0 Å². The highest BCUT2D eigenvalue weighted by Gasteiger charge is 2.39. The number of rotatable bonds is 7. The Morgan fingerprint density at radius 1 is 1.19 bits per heavy atom. The van der Waals surface area contributed by atoms with Gasteiger partial charge in [-0.1, -0.05) is 12.5 Å².